The summed E-state index contributed by atoms with van der Waals surface area (Å²) in [5.74, 6) is 0.913. The topological polar surface area (TPSA) is 42.4 Å². The van der Waals surface area contributed by atoms with Crippen molar-refractivity contribution in [2.45, 2.75) is 51.6 Å². The van der Waals surface area contributed by atoms with Gasteiger partial charge in [-0.1, -0.05) is 25.1 Å². The van der Waals surface area contributed by atoms with Crippen molar-refractivity contribution in [2.75, 3.05) is 13.1 Å². The Morgan fingerprint density at radius 2 is 2.05 bits per heavy atom. The van der Waals surface area contributed by atoms with Crippen molar-refractivity contribution in [3.05, 3.63) is 35.6 Å². The fourth-order valence-corrected chi connectivity index (χ4v) is 3.56. The van der Waals surface area contributed by atoms with E-state index in [-0.39, 0.29) is 11.6 Å². The van der Waals surface area contributed by atoms with Crippen LogP contribution in [0.5, 0.6) is 0 Å². The monoisotopic (exact) mass is 286 g/mol. The van der Waals surface area contributed by atoms with Crippen LogP contribution in [0, 0.1) is 6.92 Å². The second-order valence-electron chi connectivity index (χ2n) is 6.52. The van der Waals surface area contributed by atoms with E-state index in [1.807, 2.05) is 0 Å². The first-order chi connectivity index (χ1) is 10.1. The maximum atomic E-state index is 6.64. The first kappa shape index (κ1) is 14.6. The van der Waals surface area contributed by atoms with Crippen LogP contribution in [0.4, 0.5) is 0 Å². The van der Waals surface area contributed by atoms with Gasteiger partial charge >= 0.3 is 0 Å². The molecular weight excluding hydrogens is 260 g/mol. The summed E-state index contributed by atoms with van der Waals surface area (Å²) in [4.78, 5) is 2.54. The van der Waals surface area contributed by atoms with Crippen molar-refractivity contribution in [1.82, 2.24) is 4.90 Å². The third-order valence-corrected chi connectivity index (χ3v) is 5.28. The van der Waals surface area contributed by atoms with Gasteiger partial charge in [0.25, 0.3) is 0 Å². The molecule has 114 valence electrons. The first-order valence-electron chi connectivity index (χ1n) is 8.06. The second kappa shape index (κ2) is 5.47. The molecule has 1 aromatic heterocycles. The van der Waals surface area contributed by atoms with Gasteiger partial charge in [-0.15, -0.1) is 0 Å². The lowest BCUT2D eigenvalue weighted by molar-refractivity contribution is 0.0920. The third-order valence-electron chi connectivity index (χ3n) is 5.28. The Hall–Kier alpha value is -1.32. The SMILES string of the molecule is CCC(C)(C(N)c1cc2cccc(C)c2o1)N1CCCC1. The predicted octanol–water partition coefficient (Wildman–Crippen LogP) is 4.01. The molecule has 0 spiro atoms. The van der Waals surface area contributed by atoms with E-state index in [4.69, 9.17) is 10.2 Å². The third kappa shape index (κ3) is 2.39. The summed E-state index contributed by atoms with van der Waals surface area (Å²) in [7, 11) is 0. The lowest BCUT2D eigenvalue weighted by Crippen LogP contribution is -2.51. The number of hydrogen-bond acceptors (Lipinski definition) is 3. The molecule has 1 saturated heterocycles. The highest BCUT2D eigenvalue weighted by molar-refractivity contribution is 5.81. The molecule has 3 rings (SSSR count). The average Bonchev–Trinajstić information content (AvgIpc) is 3.15. The van der Waals surface area contributed by atoms with Gasteiger partial charge in [0.15, 0.2) is 0 Å². The molecule has 21 heavy (non-hydrogen) atoms. The number of benzene rings is 1. The Bertz CT molecular complexity index is 627. The zero-order chi connectivity index (χ0) is 15.0. The fraction of sp³-hybridized carbons (Fsp3) is 0.556. The quantitative estimate of drug-likeness (QED) is 0.923. The molecule has 1 aromatic carbocycles. The molecule has 1 aliphatic heterocycles. The summed E-state index contributed by atoms with van der Waals surface area (Å²) in [6, 6.07) is 8.29. The summed E-state index contributed by atoms with van der Waals surface area (Å²) >= 11 is 0. The van der Waals surface area contributed by atoms with Gasteiger partial charge in [0, 0.05) is 10.9 Å². The molecule has 0 aliphatic carbocycles. The average molecular weight is 286 g/mol. The van der Waals surface area contributed by atoms with Crippen LogP contribution in [0.1, 0.15) is 50.5 Å². The van der Waals surface area contributed by atoms with E-state index in [9.17, 15) is 0 Å². The number of nitrogens with two attached hydrogens (primary N) is 1. The van der Waals surface area contributed by atoms with E-state index < -0.39 is 0 Å². The van der Waals surface area contributed by atoms with Gasteiger partial charge in [-0.3, -0.25) is 4.90 Å². The molecule has 0 radical (unpaired) electrons. The Morgan fingerprint density at radius 1 is 1.33 bits per heavy atom. The Balaban J connectivity index is 1.97. The van der Waals surface area contributed by atoms with Crippen molar-refractivity contribution in [3.63, 3.8) is 0 Å². The summed E-state index contributed by atoms with van der Waals surface area (Å²) in [5.41, 5.74) is 8.76. The van der Waals surface area contributed by atoms with Crippen LogP contribution in [0.15, 0.2) is 28.7 Å². The van der Waals surface area contributed by atoms with Gasteiger partial charge in [-0.2, -0.15) is 0 Å². The van der Waals surface area contributed by atoms with E-state index in [1.54, 1.807) is 0 Å². The molecule has 2 unspecified atom stereocenters. The number of furan rings is 1. The van der Waals surface area contributed by atoms with E-state index in [0.717, 1.165) is 36.2 Å². The van der Waals surface area contributed by atoms with Gasteiger partial charge in [0.05, 0.1) is 6.04 Å². The number of fused-ring (bicyclic) bond motifs is 1. The van der Waals surface area contributed by atoms with Crippen molar-refractivity contribution < 1.29 is 4.42 Å². The number of nitrogens with zero attached hydrogens (tertiary/aromatic N) is 1. The van der Waals surface area contributed by atoms with Crippen LogP contribution in [0.25, 0.3) is 11.0 Å². The van der Waals surface area contributed by atoms with Crippen molar-refractivity contribution >= 4 is 11.0 Å². The number of hydrogen-bond donors (Lipinski definition) is 1. The van der Waals surface area contributed by atoms with E-state index in [0.29, 0.717) is 0 Å². The summed E-state index contributed by atoms with van der Waals surface area (Å²) in [5, 5.41) is 1.15. The van der Waals surface area contributed by atoms with Gasteiger partial charge in [-0.25, -0.2) is 0 Å². The van der Waals surface area contributed by atoms with Crippen LogP contribution in [-0.4, -0.2) is 23.5 Å². The van der Waals surface area contributed by atoms with E-state index in [1.165, 1.54) is 18.4 Å². The zero-order valence-corrected chi connectivity index (χ0v) is 13.4. The largest absolute Gasteiger partial charge is 0.459 e. The smallest absolute Gasteiger partial charge is 0.137 e. The molecule has 3 nitrogen and oxygen atoms in total. The number of aryl methyl sites for hydroxylation is 1. The van der Waals surface area contributed by atoms with Crippen molar-refractivity contribution in [2.24, 2.45) is 5.73 Å². The highest BCUT2D eigenvalue weighted by Crippen LogP contribution is 2.37. The molecule has 2 aromatic rings. The van der Waals surface area contributed by atoms with Crippen LogP contribution in [0.2, 0.25) is 0 Å². The molecule has 2 atom stereocenters. The van der Waals surface area contributed by atoms with Crippen LogP contribution in [0.3, 0.4) is 0 Å². The van der Waals surface area contributed by atoms with Gasteiger partial charge < -0.3 is 10.2 Å². The minimum Gasteiger partial charge on any atom is -0.459 e. The second-order valence-corrected chi connectivity index (χ2v) is 6.52. The molecule has 3 heteroatoms. The highest BCUT2D eigenvalue weighted by atomic mass is 16.3. The van der Waals surface area contributed by atoms with Crippen LogP contribution < -0.4 is 5.73 Å². The predicted molar refractivity (Wildman–Crippen MR) is 87.4 cm³/mol. The number of para-hydroxylation sites is 1. The molecule has 1 fully saturated rings. The molecule has 0 bridgehead atoms. The number of rotatable bonds is 4. The normalized spacial score (nSPS) is 20.8. The minimum absolute atomic E-state index is 0.0295. The summed E-state index contributed by atoms with van der Waals surface area (Å²) in [6.45, 7) is 8.89. The summed E-state index contributed by atoms with van der Waals surface area (Å²) in [6.07, 6.45) is 3.59. The fourth-order valence-electron chi connectivity index (χ4n) is 3.56. The Kier molecular flexibility index (Phi) is 3.80. The van der Waals surface area contributed by atoms with E-state index >= 15 is 0 Å². The highest BCUT2D eigenvalue weighted by Gasteiger charge is 2.39. The van der Waals surface area contributed by atoms with Gasteiger partial charge in [-0.05, 0) is 57.8 Å². The molecule has 2 heterocycles. The van der Waals surface area contributed by atoms with Crippen LogP contribution in [-0.2, 0) is 0 Å². The van der Waals surface area contributed by atoms with Crippen molar-refractivity contribution in [3.8, 4) is 0 Å². The standard InChI is InChI=1S/C18H26N2O/c1-4-18(3,20-10-5-6-11-20)17(19)15-12-14-9-7-8-13(2)16(14)21-15/h7-9,12,17H,4-6,10-11,19H2,1-3H3. The molecule has 0 saturated carbocycles. The Morgan fingerprint density at radius 3 is 2.67 bits per heavy atom. The minimum atomic E-state index is -0.0904. The first-order valence-corrected chi connectivity index (χ1v) is 8.06. The molecular formula is C18H26N2O. The lowest BCUT2D eigenvalue weighted by Gasteiger charge is -2.42. The maximum absolute atomic E-state index is 6.64. The lowest BCUT2D eigenvalue weighted by atomic mass is 9.86. The Labute approximate surface area is 127 Å². The number of likely N-dealkylation sites (tertiary alicyclic amines) is 1. The maximum Gasteiger partial charge on any atom is 0.137 e. The molecule has 1 aliphatic rings. The molecule has 2 N–H and O–H groups in total. The van der Waals surface area contributed by atoms with E-state index in [2.05, 4.69) is 49.9 Å². The van der Waals surface area contributed by atoms with Gasteiger partial charge in [0.1, 0.15) is 11.3 Å². The zero-order valence-electron chi connectivity index (χ0n) is 13.4. The van der Waals surface area contributed by atoms with Crippen molar-refractivity contribution in [1.29, 1.82) is 0 Å². The molecule has 0 amide bonds. The summed E-state index contributed by atoms with van der Waals surface area (Å²) < 4.78 is 6.12. The van der Waals surface area contributed by atoms with Gasteiger partial charge in [0.2, 0.25) is 0 Å². The van der Waals surface area contributed by atoms with Crippen LogP contribution >= 0.6 is 0 Å².